The van der Waals surface area contributed by atoms with Crippen LogP contribution in [0.5, 0.6) is 0 Å². The van der Waals surface area contributed by atoms with Gasteiger partial charge in [0.05, 0.1) is 34.3 Å². The van der Waals surface area contributed by atoms with Crippen LogP contribution in [0.15, 0.2) is 34.9 Å². The number of amides is 1. The van der Waals surface area contributed by atoms with Crippen LogP contribution < -0.4 is 5.32 Å². The fourth-order valence-corrected chi connectivity index (χ4v) is 3.29. The van der Waals surface area contributed by atoms with Gasteiger partial charge in [0.1, 0.15) is 5.69 Å². The number of halogens is 2. The second kappa shape index (κ2) is 7.01. The minimum atomic E-state index is -0.232. The molecule has 2 aromatic heterocycles. The highest BCUT2D eigenvalue weighted by Crippen LogP contribution is 2.23. The number of nitrogens with one attached hydrogen (secondary N) is 1. The van der Waals surface area contributed by atoms with E-state index < -0.39 is 0 Å². The van der Waals surface area contributed by atoms with Crippen LogP contribution in [0.1, 0.15) is 27.4 Å². The monoisotopic (exact) mass is 421 g/mol. The topological polar surface area (TPSA) is 64.7 Å². The molecule has 1 aromatic carbocycles. The van der Waals surface area contributed by atoms with E-state index in [1.807, 2.05) is 42.8 Å². The van der Waals surface area contributed by atoms with Crippen molar-refractivity contribution in [2.45, 2.75) is 20.4 Å². The van der Waals surface area contributed by atoms with E-state index in [1.54, 1.807) is 13.2 Å². The smallest absolute Gasteiger partial charge is 0.275 e. The standard InChI is InChI=1S/C17H17BrClN5O/c1-10-15(21-17(25)16-14(18)8-20-23(16)3)11(2)24(22-10)9-12-4-6-13(19)7-5-12/h4-8H,9H2,1-3H3,(H,21,25). The molecule has 0 saturated heterocycles. The molecule has 0 radical (unpaired) electrons. The minimum absolute atomic E-state index is 0.232. The highest BCUT2D eigenvalue weighted by atomic mass is 79.9. The molecule has 0 fully saturated rings. The Balaban J connectivity index is 1.84. The third-order valence-electron chi connectivity index (χ3n) is 3.97. The Bertz CT molecular complexity index is 910. The summed E-state index contributed by atoms with van der Waals surface area (Å²) in [6.07, 6.45) is 1.60. The van der Waals surface area contributed by atoms with Gasteiger partial charge in [-0.05, 0) is 47.5 Å². The Morgan fingerprint density at radius 1 is 1.28 bits per heavy atom. The summed E-state index contributed by atoms with van der Waals surface area (Å²) in [5.41, 5.74) is 3.91. The van der Waals surface area contributed by atoms with Crippen LogP contribution in [0.3, 0.4) is 0 Å². The lowest BCUT2D eigenvalue weighted by molar-refractivity contribution is 0.101. The van der Waals surface area contributed by atoms with Gasteiger partial charge in [-0.3, -0.25) is 14.2 Å². The summed E-state index contributed by atoms with van der Waals surface area (Å²) in [6, 6.07) is 7.63. The molecule has 0 aliphatic carbocycles. The van der Waals surface area contributed by atoms with Crippen molar-refractivity contribution in [1.82, 2.24) is 19.6 Å². The Morgan fingerprint density at radius 2 is 1.96 bits per heavy atom. The van der Waals surface area contributed by atoms with Crippen LogP contribution in [0.25, 0.3) is 0 Å². The molecular weight excluding hydrogens is 406 g/mol. The number of rotatable bonds is 4. The quantitative estimate of drug-likeness (QED) is 0.692. The summed E-state index contributed by atoms with van der Waals surface area (Å²) in [5.74, 6) is -0.232. The molecule has 3 aromatic rings. The van der Waals surface area contributed by atoms with E-state index in [2.05, 4.69) is 31.4 Å². The maximum atomic E-state index is 12.6. The van der Waals surface area contributed by atoms with E-state index in [0.29, 0.717) is 27.4 Å². The molecule has 0 aliphatic heterocycles. The number of anilines is 1. The van der Waals surface area contributed by atoms with E-state index >= 15 is 0 Å². The number of aromatic nitrogens is 4. The van der Waals surface area contributed by atoms with Gasteiger partial charge in [-0.15, -0.1) is 0 Å². The van der Waals surface area contributed by atoms with Gasteiger partial charge in [0.2, 0.25) is 0 Å². The molecule has 3 rings (SSSR count). The first-order chi connectivity index (χ1) is 11.9. The first-order valence-corrected chi connectivity index (χ1v) is 8.81. The van der Waals surface area contributed by atoms with Crippen molar-refractivity contribution in [3.8, 4) is 0 Å². The Hall–Kier alpha value is -2.12. The summed E-state index contributed by atoms with van der Waals surface area (Å²) in [7, 11) is 1.73. The fourth-order valence-electron chi connectivity index (χ4n) is 2.63. The van der Waals surface area contributed by atoms with Crippen LogP contribution in [0, 0.1) is 13.8 Å². The van der Waals surface area contributed by atoms with Crippen LogP contribution >= 0.6 is 27.5 Å². The largest absolute Gasteiger partial charge is 0.317 e. The second-order valence-electron chi connectivity index (χ2n) is 5.75. The summed E-state index contributed by atoms with van der Waals surface area (Å²) in [6.45, 7) is 4.41. The van der Waals surface area contributed by atoms with Crippen molar-refractivity contribution in [2.24, 2.45) is 7.05 Å². The van der Waals surface area contributed by atoms with Gasteiger partial charge < -0.3 is 5.32 Å². The van der Waals surface area contributed by atoms with Gasteiger partial charge in [-0.25, -0.2) is 0 Å². The van der Waals surface area contributed by atoms with Gasteiger partial charge in [-0.1, -0.05) is 23.7 Å². The van der Waals surface area contributed by atoms with Crippen LogP contribution in [0.2, 0.25) is 5.02 Å². The number of aryl methyl sites for hydroxylation is 2. The SMILES string of the molecule is Cc1nn(Cc2ccc(Cl)cc2)c(C)c1NC(=O)c1c(Br)cnn1C. The van der Waals surface area contributed by atoms with Crippen molar-refractivity contribution in [1.29, 1.82) is 0 Å². The summed E-state index contributed by atoms with van der Waals surface area (Å²) >= 11 is 9.27. The van der Waals surface area contributed by atoms with E-state index in [-0.39, 0.29) is 5.91 Å². The maximum absolute atomic E-state index is 12.6. The fraction of sp³-hybridized carbons (Fsp3) is 0.235. The van der Waals surface area contributed by atoms with Crippen molar-refractivity contribution >= 4 is 39.1 Å². The van der Waals surface area contributed by atoms with E-state index in [1.165, 1.54) is 4.68 Å². The predicted molar refractivity (Wildman–Crippen MR) is 101 cm³/mol. The molecule has 1 N–H and O–H groups in total. The molecule has 0 spiro atoms. The van der Waals surface area contributed by atoms with Gasteiger partial charge in [0, 0.05) is 12.1 Å². The zero-order chi connectivity index (χ0) is 18.1. The molecule has 0 unspecified atom stereocenters. The summed E-state index contributed by atoms with van der Waals surface area (Å²) < 4.78 is 4.05. The molecule has 25 heavy (non-hydrogen) atoms. The number of carbonyl (C=O) groups is 1. The number of hydrogen-bond acceptors (Lipinski definition) is 3. The maximum Gasteiger partial charge on any atom is 0.275 e. The second-order valence-corrected chi connectivity index (χ2v) is 7.04. The molecule has 1 amide bonds. The Morgan fingerprint density at radius 3 is 2.56 bits per heavy atom. The zero-order valence-electron chi connectivity index (χ0n) is 14.0. The third-order valence-corrected chi connectivity index (χ3v) is 4.81. The minimum Gasteiger partial charge on any atom is -0.317 e. The predicted octanol–water partition coefficient (Wildman–Crippen LogP) is 3.95. The van der Waals surface area contributed by atoms with Gasteiger partial charge >= 0.3 is 0 Å². The van der Waals surface area contributed by atoms with Crippen molar-refractivity contribution in [3.63, 3.8) is 0 Å². The number of benzene rings is 1. The van der Waals surface area contributed by atoms with Crippen LogP contribution in [-0.2, 0) is 13.6 Å². The first kappa shape index (κ1) is 17.7. The van der Waals surface area contributed by atoms with Gasteiger partial charge in [0.15, 0.2) is 0 Å². The lowest BCUT2D eigenvalue weighted by Gasteiger charge is -2.08. The van der Waals surface area contributed by atoms with Crippen molar-refractivity contribution in [2.75, 3.05) is 5.32 Å². The molecule has 0 bridgehead atoms. The van der Waals surface area contributed by atoms with E-state index in [0.717, 1.165) is 17.0 Å². The molecule has 8 heteroatoms. The molecular formula is C17H17BrClN5O. The zero-order valence-corrected chi connectivity index (χ0v) is 16.4. The van der Waals surface area contributed by atoms with E-state index in [4.69, 9.17) is 11.6 Å². The number of nitrogens with zero attached hydrogens (tertiary/aromatic N) is 4. The van der Waals surface area contributed by atoms with Crippen LogP contribution in [-0.4, -0.2) is 25.5 Å². The highest BCUT2D eigenvalue weighted by molar-refractivity contribution is 9.10. The summed E-state index contributed by atoms with van der Waals surface area (Å²) in [5, 5.41) is 12.3. The average molecular weight is 423 g/mol. The van der Waals surface area contributed by atoms with Crippen molar-refractivity contribution in [3.05, 3.63) is 62.6 Å². The molecule has 0 aliphatic rings. The lowest BCUT2D eigenvalue weighted by Crippen LogP contribution is -2.17. The highest BCUT2D eigenvalue weighted by Gasteiger charge is 2.19. The van der Waals surface area contributed by atoms with Gasteiger partial charge in [0.25, 0.3) is 5.91 Å². The number of carbonyl (C=O) groups excluding carboxylic acids is 1. The normalized spacial score (nSPS) is 10.9. The van der Waals surface area contributed by atoms with Gasteiger partial charge in [-0.2, -0.15) is 10.2 Å². The summed E-state index contributed by atoms with van der Waals surface area (Å²) in [4.78, 5) is 12.6. The molecule has 2 heterocycles. The first-order valence-electron chi connectivity index (χ1n) is 7.64. The molecule has 6 nitrogen and oxygen atoms in total. The molecule has 0 saturated carbocycles. The van der Waals surface area contributed by atoms with E-state index in [9.17, 15) is 4.79 Å². The molecule has 130 valence electrons. The lowest BCUT2D eigenvalue weighted by atomic mass is 10.2. The third kappa shape index (κ3) is 3.62. The number of hydrogen-bond donors (Lipinski definition) is 1. The van der Waals surface area contributed by atoms with Crippen molar-refractivity contribution < 1.29 is 4.79 Å². The van der Waals surface area contributed by atoms with Crippen LogP contribution in [0.4, 0.5) is 5.69 Å². The average Bonchev–Trinajstić information content (AvgIpc) is 3.03. The molecule has 0 atom stereocenters. The Labute approximate surface area is 158 Å². The Kier molecular flexibility index (Phi) is 4.96.